The van der Waals surface area contributed by atoms with Gasteiger partial charge in [-0.2, -0.15) is 0 Å². The molecule has 1 aliphatic carbocycles. The minimum atomic E-state index is -5.22. The number of hydrazone groups is 1. The van der Waals surface area contributed by atoms with Crippen molar-refractivity contribution in [2.24, 2.45) is 10.2 Å². The molecule has 2 aliphatic heterocycles. The maximum atomic E-state index is 13.4. The topological polar surface area (TPSA) is 46.4 Å². The van der Waals surface area contributed by atoms with Crippen molar-refractivity contribution in [3.8, 4) is 0 Å². The van der Waals surface area contributed by atoms with Crippen LogP contribution < -0.4 is 0 Å². The van der Waals surface area contributed by atoms with Crippen LogP contribution in [0.2, 0.25) is 5.54 Å². The van der Waals surface area contributed by atoms with E-state index in [1.165, 1.54) is 21.1 Å². The van der Waals surface area contributed by atoms with E-state index in [9.17, 15) is 26.3 Å². The van der Waals surface area contributed by atoms with Gasteiger partial charge >= 0.3 is 145 Å². The molecular formula is C13H20F6N4O2Si. The second-order valence-electron chi connectivity index (χ2n) is 7.31. The van der Waals surface area contributed by atoms with Gasteiger partial charge < -0.3 is 0 Å². The molecule has 0 amide bonds. The third-order valence-corrected chi connectivity index (χ3v) is 12.1. The van der Waals surface area contributed by atoms with E-state index in [0.29, 0.717) is 25.7 Å². The van der Waals surface area contributed by atoms with E-state index in [4.69, 9.17) is 8.85 Å². The van der Waals surface area contributed by atoms with Gasteiger partial charge in [0.2, 0.25) is 0 Å². The quantitative estimate of drug-likeness (QED) is 0.495. The summed E-state index contributed by atoms with van der Waals surface area (Å²) in [7, 11) is -1.46. The molecule has 0 unspecified atom stereocenters. The maximum absolute atomic E-state index is 13.4. The van der Waals surface area contributed by atoms with Crippen molar-refractivity contribution in [3.63, 3.8) is 0 Å². The average Bonchev–Trinajstić information content (AvgIpc) is 2.95. The summed E-state index contributed by atoms with van der Waals surface area (Å²) < 4.78 is 90.9. The van der Waals surface area contributed by atoms with Gasteiger partial charge in [0.25, 0.3) is 0 Å². The van der Waals surface area contributed by atoms with Crippen molar-refractivity contribution < 1.29 is 39.5 Å². The van der Waals surface area contributed by atoms with Gasteiger partial charge in [-0.25, -0.2) is 0 Å². The van der Waals surface area contributed by atoms with Crippen LogP contribution in [0.1, 0.15) is 32.1 Å². The van der Waals surface area contributed by atoms with Crippen LogP contribution in [0.25, 0.3) is 0 Å². The normalized spacial score (nSPS) is 29.4. The first-order chi connectivity index (χ1) is 11.7. The number of halogens is 6. The van der Waals surface area contributed by atoms with Gasteiger partial charge in [0, 0.05) is 0 Å². The number of alkyl halides is 6. The van der Waals surface area contributed by atoms with Gasteiger partial charge in [-0.05, 0) is 0 Å². The Morgan fingerprint density at radius 3 is 1.88 bits per heavy atom. The Hall–Kier alpha value is -1.50. The number of hydrogen-bond donors (Lipinski definition) is 0. The van der Waals surface area contributed by atoms with Crippen LogP contribution in [0.5, 0.6) is 0 Å². The summed E-state index contributed by atoms with van der Waals surface area (Å²) in [4.78, 5) is 0. The number of hydrogen-bond acceptors (Lipinski definition) is 5. The molecule has 1 fully saturated rings. The van der Waals surface area contributed by atoms with Crippen LogP contribution in [-0.2, 0) is 8.85 Å². The van der Waals surface area contributed by atoms with E-state index in [-0.39, 0.29) is 0 Å². The molecule has 0 aromatic heterocycles. The molecule has 3 rings (SSSR count). The van der Waals surface area contributed by atoms with E-state index in [1.807, 2.05) is 0 Å². The van der Waals surface area contributed by atoms with Crippen LogP contribution in [0.4, 0.5) is 26.3 Å². The molecule has 0 aromatic rings. The molecule has 2 heterocycles. The van der Waals surface area contributed by atoms with Crippen LogP contribution in [-0.4, -0.2) is 62.4 Å². The zero-order valence-corrected chi connectivity index (χ0v) is 15.5. The summed E-state index contributed by atoms with van der Waals surface area (Å²) in [5, 5.41) is 7.05. The van der Waals surface area contributed by atoms with E-state index >= 15 is 0 Å². The van der Waals surface area contributed by atoms with Crippen LogP contribution in [0, 0.1) is 0 Å². The van der Waals surface area contributed by atoms with E-state index in [2.05, 4.69) is 10.2 Å². The van der Waals surface area contributed by atoms with E-state index in [0.717, 1.165) is 11.1 Å². The molecule has 0 saturated heterocycles. The first-order valence-corrected chi connectivity index (χ1v) is 10.5. The molecular weight excluding hydrogens is 386 g/mol. The number of quaternary nitrogens is 1. The fraction of sp³-hybridized carbons (Fsp3) is 0.846. The average molecular weight is 406 g/mol. The molecule has 1 spiro atoms. The summed E-state index contributed by atoms with van der Waals surface area (Å²) in [6.45, 7) is 0. The Balaban J connectivity index is 2.18. The summed E-state index contributed by atoms with van der Waals surface area (Å²) >= 11 is 0. The Morgan fingerprint density at radius 1 is 0.962 bits per heavy atom. The predicted octanol–water partition coefficient (Wildman–Crippen LogP) is 3.53. The SMILES string of the molecule is CN1N=C(C(F)(F)F)O[Si-]12(C1CCCCC1)OC(C(F)(F)F)=N[N+]2(C)C. The molecule has 0 N–H and O–H groups in total. The third-order valence-electron chi connectivity index (χ3n) is 5.55. The Morgan fingerprint density at radius 2 is 1.46 bits per heavy atom. The molecule has 0 aromatic carbocycles. The van der Waals surface area contributed by atoms with Gasteiger partial charge in [0.1, 0.15) is 0 Å². The van der Waals surface area contributed by atoms with Crippen molar-refractivity contribution in [2.75, 3.05) is 21.1 Å². The predicted molar refractivity (Wildman–Crippen MR) is 81.6 cm³/mol. The van der Waals surface area contributed by atoms with Crippen LogP contribution in [0.15, 0.2) is 10.2 Å². The molecule has 26 heavy (non-hydrogen) atoms. The number of nitrogens with zero attached hydrogens (tertiary/aromatic N) is 4. The first-order valence-electron chi connectivity index (χ1n) is 8.19. The summed E-state index contributed by atoms with van der Waals surface area (Å²) in [6.07, 6.45) is -6.93. The van der Waals surface area contributed by atoms with Crippen molar-refractivity contribution >= 4 is 20.0 Å². The fourth-order valence-corrected chi connectivity index (χ4v) is 10.6. The van der Waals surface area contributed by atoms with Crippen molar-refractivity contribution in [1.82, 2.24) is 4.67 Å². The third kappa shape index (κ3) is 2.28. The minimum absolute atomic E-state index is 0.390. The van der Waals surface area contributed by atoms with E-state index in [1.54, 1.807) is 0 Å². The Bertz CT molecular complexity index is 667. The van der Waals surface area contributed by atoms with Gasteiger partial charge in [-0.15, -0.1) is 0 Å². The molecule has 1 saturated carbocycles. The molecule has 0 bridgehead atoms. The summed E-state index contributed by atoms with van der Waals surface area (Å²) in [5.41, 5.74) is -0.657. The van der Waals surface area contributed by atoms with Crippen LogP contribution >= 0.6 is 0 Å². The van der Waals surface area contributed by atoms with Gasteiger partial charge in [0.05, 0.1) is 0 Å². The van der Waals surface area contributed by atoms with Crippen LogP contribution in [0.3, 0.4) is 0 Å². The second kappa shape index (κ2) is 5.27. The summed E-state index contributed by atoms with van der Waals surface area (Å²) in [5.74, 6) is -3.14. The summed E-state index contributed by atoms with van der Waals surface area (Å²) in [6, 6.07) is 0. The van der Waals surface area contributed by atoms with Gasteiger partial charge in [-0.1, -0.05) is 0 Å². The molecule has 0 atom stereocenters. The van der Waals surface area contributed by atoms with Gasteiger partial charge in [0.15, 0.2) is 0 Å². The Labute approximate surface area is 146 Å². The van der Waals surface area contributed by atoms with Crippen molar-refractivity contribution in [2.45, 2.75) is 50.0 Å². The van der Waals surface area contributed by atoms with Crippen molar-refractivity contribution in [1.29, 1.82) is 0 Å². The zero-order chi connectivity index (χ0) is 19.6. The zero-order valence-electron chi connectivity index (χ0n) is 14.5. The second-order valence-corrected chi connectivity index (χ2v) is 12.4. The molecule has 150 valence electrons. The van der Waals surface area contributed by atoms with Crippen molar-refractivity contribution in [3.05, 3.63) is 0 Å². The fourth-order valence-electron chi connectivity index (χ4n) is 4.39. The number of rotatable bonds is 1. The standard InChI is InChI=1S/C13H20F6N4O2Si/c1-22-20-10(12(14,15)16)24-26(22,9-7-5-4-6-8-9)23(2,3)21-11(25-26)13(17,18)19/h9H,4-8H2,1-3H3. The Kier molecular flexibility index (Phi) is 3.91. The van der Waals surface area contributed by atoms with Gasteiger partial charge in [-0.3, -0.25) is 0 Å². The first kappa shape index (κ1) is 19.3. The molecule has 6 nitrogen and oxygen atoms in total. The molecule has 13 heteroatoms. The molecule has 3 aliphatic rings. The van der Waals surface area contributed by atoms with E-state index < -0.39 is 42.1 Å². The monoisotopic (exact) mass is 406 g/mol. The molecule has 0 radical (unpaired) electrons.